The summed E-state index contributed by atoms with van der Waals surface area (Å²) in [4.78, 5) is 87.9. The van der Waals surface area contributed by atoms with Crippen LogP contribution in [0.5, 0.6) is 17.2 Å². The van der Waals surface area contributed by atoms with Crippen molar-refractivity contribution < 1.29 is 43.0 Å². The maximum atomic E-state index is 14.4. The summed E-state index contributed by atoms with van der Waals surface area (Å²) in [6.45, 7) is -0.374. The summed E-state index contributed by atoms with van der Waals surface area (Å²) in [7, 11) is 9.65. The molecular weight excluding hydrogens is 526 g/mol. The number of hydrogen-bond acceptors (Lipinski definition) is 10. The fraction of sp³-hybridized carbons (Fsp3) is 0.538. The highest BCUT2D eigenvalue weighted by atomic mass is 16.7. The van der Waals surface area contributed by atoms with E-state index < -0.39 is 52.4 Å². The van der Waals surface area contributed by atoms with Crippen LogP contribution in [0.3, 0.4) is 0 Å². The van der Waals surface area contributed by atoms with Gasteiger partial charge in [0.05, 0.1) is 7.11 Å². The first-order valence-electron chi connectivity index (χ1n) is 12.6. The topological polar surface area (TPSA) is 146 Å². The molecule has 1 aromatic rings. The van der Waals surface area contributed by atoms with Crippen LogP contribution in [-0.4, -0.2) is 123 Å². The average Bonchev–Trinajstić information content (AvgIpc) is 3.41. The normalized spacial score (nSPS) is 23.6. The molecule has 0 bridgehead atoms. The summed E-state index contributed by atoms with van der Waals surface area (Å²) in [5.41, 5.74) is -3.41. The Balaban J connectivity index is 1.95. The van der Waals surface area contributed by atoms with Gasteiger partial charge < -0.3 is 19.1 Å². The second-order valence-corrected chi connectivity index (χ2v) is 10.9. The SMILES string of the molecule is COc1c2c(cc3c1C(C1(CN(C)C)C(=O)N(C)C(=O)N(C)C1=O)C1(CC3)C(=O)N(C)C(=O)N(C)C1=O)OCO2. The molecule has 0 N–H and O–H groups in total. The van der Waals surface area contributed by atoms with E-state index in [9.17, 15) is 28.8 Å². The summed E-state index contributed by atoms with van der Waals surface area (Å²) >= 11 is 0. The van der Waals surface area contributed by atoms with Gasteiger partial charge >= 0.3 is 12.1 Å². The minimum atomic E-state index is -2.16. The van der Waals surface area contributed by atoms with E-state index in [2.05, 4.69) is 0 Å². The Morgan fingerprint density at radius 2 is 1.40 bits per heavy atom. The van der Waals surface area contributed by atoms with E-state index >= 15 is 0 Å². The number of hydrogen-bond donors (Lipinski definition) is 0. The number of urea groups is 2. The van der Waals surface area contributed by atoms with Crippen LogP contribution in [0.1, 0.15) is 23.5 Å². The molecule has 40 heavy (non-hydrogen) atoms. The van der Waals surface area contributed by atoms with Crippen molar-refractivity contribution in [2.75, 3.05) is 62.7 Å². The molecule has 1 aliphatic carbocycles. The molecule has 1 aromatic carbocycles. The van der Waals surface area contributed by atoms with E-state index in [1.54, 1.807) is 25.1 Å². The zero-order valence-corrected chi connectivity index (χ0v) is 23.4. The maximum absolute atomic E-state index is 14.4. The number of imide groups is 4. The second-order valence-electron chi connectivity index (χ2n) is 10.9. The van der Waals surface area contributed by atoms with Gasteiger partial charge in [0, 0.05) is 46.2 Å². The maximum Gasteiger partial charge on any atom is 0.332 e. The molecule has 3 aliphatic heterocycles. The minimum Gasteiger partial charge on any atom is -0.492 e. The standard InChI is InChI=1S/C26H31N5O9/c1-27(2)11-26(21(34)30(5)24(37)31(6)22(26)35)18-15-13(10-14-16(17(15)38-7)40-12-39-14)8-9-25(18)19(32)28(3)23(36)29(4)20(25)33/h10,18H,8-9,11-12H2,1-7H3. The summed E-state index contributed by atoms with van der Waals surface area (Å²) in [5.74, 6) is -4.27. The van der Waals surface area contributed by atoms with Gasteiger partial charge in [-0.25, -0.2) is 9.59 Å². The molecule has 2 saturated heterocycles. The van der Waals surface area contributed by atoms with Gasteiger partial charge in [-0.05, 0) is 38.6 Å². The van der Waals surface area contributed by atoms with Crippen LogP contribution in [0, 0.1) is 10.8 Å². The Morgan fingerprint density at radius 3 is 1.90 bits per heavy atom. The highest BCUT2D eigenvalue weighted by Gasteiger charge is 2.73. The number of barbiturate groups is 2. The van der Waals surface area contributed by atoms with Crippen LogP contribution in [0.15, 0.2) is 6.07 Å². The van der Waals surface area contributed by atoms with E-state index in [-0.39, 0.29) is 43.2 Å². The van der Waals surface area contributed by atoms with Crippen LogP contribution in [0.2, 0.25) is 0 Å². The van der Waals surface area contributed by atoms with Crippen LogP contribution < -0.4 is 14.2 Å². The largest absolute Gasteiger partial charge is 0.492 e. The number of ether oxygens (including phenoxy) is 3. The average molecular weight is 558 g/mol. The molecule has 8 amide bonds. The van der Waals surface area contributed by atoms with Crippen molar-refractivity contribution in [3.63, 3.8) is 0 Å². The first-order valence-corrected chi connectivity index (χ1v) is 12.6. The number of amides is 8. The van der Waals surface area contributed by atoms with Gasteiger partial charge in [0.25, 0.3) is 0 Å². The molecular formula is C26H31N5O9. The quantitative estimate of drug-likeness (QED) is 0.467. The Kier molecular flexibility index (Phi) is 6.10. The molecule has 0 saturated carbocycles. The van der Waals surface area contributed by atoms with Crippen molar-refractivity contribution >= 4 is 35.7 Å². The molecule has 0 aromatic heterocycles. The third-order valence-corrected chi connectivity index (χ3v) is 8.47. The number of carbonyl (C=O) groups is 6. The zero-order valence-electron chi connectivity index (χ0n) is 23.4. The molecule has 2 fully saturated rings. The zero-order chi connectivity index (χ0) is 29.5. The number of fused-ring (bicyclic) bond motifs is 2. The van der Waals surface area contributed by atoms with Crippen molar-refractivity contribution in [1.29, 1.82) is 0 Å². The molecule has 14 heteroatoms. The molecule has 4 aliphatic rings. The van der Waals surface area contributed by atoms with Gasteiger partial charge in [0.1, 0.15) is 10.8 Å². The molecule has 214 valence electrons. The van der Waals surface area contributed by atoms with Crippen LogP contribution in [0.4, 0.5) is 9.59 Å². The third-order valence-electron chi connectivity index (χ3n) is 8.47. The minimum absolute atomic E-state index is 0.108. The summed E-state index contributed by atoms with van der Waals surface area (Å²) in [6, 6.07) is 0.00358. The van der Waals surface area contributed by atoms with Gasteiger partial charge in [0.2, 0.25) is 36.2 Å². The number of benzene rings is 1. The summed E-state index contributed by atoms with van der Waals surface area (Å²) in [5, 5.41) is 0. The summed E-state index contributed by atoms with van der Waals surface area (Å²) < 4.78 is 17.1. The predicted octanol–water partition coefficient (Wildman–Crippen LogP) is 0.0889. The van der Waals surface area contributed by atoms with Crippen LogP contribution in [-0.2, 0) is 25.6 Å². The van der Waals surface area contributed by atoms with E-state index in [4.69, 9.17) is 14.2 Å². The van der Waals surface area contributed by atoms with E-state index in [1.807, 2.05) is 0 Å². The van der Waals surface area contributed by atoms with Crippen LogP contribution >= 0.6 is 0 Å². The molecule has 3 heterocycles. The van der Waals surface area contributed by atoms with E-state index in [0.717, 1.165) is 19.6 Å². The molecule has 1 spiro atoms. The lowest BCUT2D eigenvalue weighted by Crippen LogP contribution is -2.74. The van der Waals surface area contributed by atoms with Crippen molar-refractivity contribution in [1.82, 2.24) is 24.5 Å². The monoisotopic (exact) mass is 557 g/mol. The number of rotatable bonds is 4. The van der Waals surface area contributed by atoms with Crippen molar-refractivity contribution in [3.8, 4) is 17.2 Å². The fourth-order valence-electron chi connectivity index (χ4n) is 6.80. The Hall–Kier alpha value is -4.20. The van der Waals surface area contributed by atoms with Crippen molar-refractivity contribution in [2.45, 2.75) is 18.8 Å². The lowest BCUT2D eigenvalue weighted by Gasteiger charge is -2.56. The fourth-order valence-corrected chi connectivity index (χ4v) is 6.80. The number of methoxy groups -OCH3 is 1. The first-order chi connectivity index (χ1) is 18.8. The lowest BCUT2D eigenvalue weighted by atomic mass is 9.51. The highest BCUT2D eigenvalue weighted by molar-refractivity contribution is 6.24. The van der Waals surface area contributed by atoms with Gasteiger partial charge in [-0.2, -0.15) is 0 Å². The van der Waals surface area contributed by atoms with E-state index in [0.29, 0.717) is 11.3 Å². The van der Waals surface area contributed by atoms with Crippen molar-refractivity contribution in [3.05, 3.63) is 17.2 Å². The number of carbonyl (C=O) groups excluding carboxylic acids is 6. The smallest absolute Gasteiger partial charge is 0.332 e. The highest BCUT2D eigenvalue weighted by Crippen LogP contribution is 2.63. The third kappa shape index (κ3) is 3.19. The van der Waals surface area contributed by atoms with Gasteiger partial charge in [-0.15, -0.1) is 0 Å². The van der Waals surface area contributed by atoms with Gasteiger partial charge in [0.15, 0.2) is 11.5 Å². The molecule has 14 nitrogen and oxygen atoms in total. The van der Waals surface area contributed by atoms with Gasteiger partial charge in [-0.1, -0.05) is 0 Å². The molecule has 1 atom stereocenters. The second kappa shape index (κ2) is 8.91. The Bertz CT molecular complexity index is 1340. The molecule has 0 radical (unpaired) electrons. The van der Waals surface area contributed by atoms with Gasteiger partial charge in [-0.3, -0.25) is 38.8 Å². The van der Waals surface area contributed by atoms with Crippen molar-refractivity contribution in [2.24, 2.45) is 10.8 Å². The molecule has 1 unspecified atom stereocenters. The molecule has 5 rings (SSSR count). The van der Waals surface area contributed by atoms with Crippen LogP contribution in [0.25, 0.3) is 0 Å². The Morgan fingerprint density at radius 1 is 0.875 bits per heavy atom. The first kappa shape index (κ1) is 27.4. The predicted molar refractivity (Wildman–Crippen MR) is 135 cm³/mol. The lowest BCUT2D eigenvalue weighted by molar-refractivity contribution is -0.173. The van der Waals surface area contributed by atoms with E-state index in [1.165, 1.54) is 35.3 Å². The number of aryl methyl sites for hydroxylation is 1. The summed E-state index contributed by atoms with van der Waals surface area (Å²) in [6.07, 6.45) is 0.0431. The number of nitrogens with zero attached hydrogens (tertiary/aromatic N) is 5. The Labute approximate surface area is 230 Å².